The molecule has 0 bridgehead atoms. The van der Waals surface area contributed by atoms with Crippen molar-refractivity contribution < 1.29 is 37.0 Å². The monoisotopic (exact) mass is 451 g/mol. The van der Waals surface area contributed by atoms with Gasteiger partial charge in [0.05, 0.1) is 28.3 Å². The zero-order valence-corrected chi connectivity index (χ0v) is 17.3. The molecule has 10 heteroatoms. The summed E-state index contributed by atoms with van der Waals surface area (Å²) in [5, 5.41) is 9.18. The second kappa shape index (κ2) is 8.54. The maximum Gasteiger partial charge on any atom is 0.250 e. The molecule has 4 rings (SSSR count). The lowest BCUT2D eigenvalue weighted by atomic mass is 9.87. The van der Waals surface area contributed by atoms with E-state index in [4.69, 9.17) is 14.2 Å². The summed E-state index contributed by atoms with van der Waals surface area (Å²) in [5.74, 6) is -1.14. The molecule has 0 radical (unpaired) electrons. The fraction of sp³-hybridized carbons (Fsp3) is 0.381. The van der Waals surface area contributed by atoms with Gasteiger partial charge in [-0.05, 0) is 54.8 Å². The quantitative estimate of drug-likeness (QED) is 0.490. The maximum atomic E-state index is 13.0. The molecule has 2 aromatic rings. The van der Waals surface area contributed by atoms with Crippen molar-refractivity contribution in [2.75, 3.05) is 12.5 Å². The molecule has 1 aliphatic carbocycles. The van der Waals surface area contributed by atoms with Gasteiger partial charge in [-0.15, -0.1) is 0 Å². The van der Waals surface area contributed by atoms with Crippen molar-refractivity contribution in [3.05, 3.63) is 59.9 Å². The molecule has 1 amide bonds. The Balaban J connectivity index is 1.46. The summed E-state index contributed by atoms with van der Waals surface area (Å²) in [6, 6.07) is 11.7. The molecule has 2 N–H and O–H groups in total. The maximum absolute atomic E-state index is 13.0. The van der Waals surface area contributed by atoms with E-state index >= 15 is 0 Å². The number of carbonyl (C=O) groups excluding carboxylic acids is 1. The highest BCUT2D eigenvalue weighted by atomic mass is 32.2. The number of nitrogens with one attached hydrogen (secondary N) is 1. The van der Waals surface area contributed by atoms with E-state index in [2.05, 4.69) is 0 Å². The molecule has 8 nitrogen and oxygen atoms in total. The normalized spacial score (nSPS) is 25.2. The van der Waals surface area contributed by atoms with Crippen molar-refractivity contribution >= 4 is 15.7 Å². The first-order valence-electron chi connectivity index (χ1n) is 9.69. The minimum atomic E-state index is -3.86. The Morgan fingerprint density at radius 3 is 2.29 bits per heavy atom. The highest BCUT2D eigenvalue weighted by Gasteiger charge is 2.55. The van der Waals surface area contributed by atoms with Crippen molar-refractivity contribution in [2.45, 2.75) is 36.6 Å². The summed E-state index contributed by atoms with van der Waals surface area (Å²) in [7, 11) is -3.86. The lowest BCUT2D eigenvalue weighted by Gasteiger charge is -2.27. The molecule has 2 aromatic carbocycles. The molecule has 1 saturated carbocycles. The second-order valence-corrected chi connectivity index (χ2v) is 9.79. The van der Waals surface area contributed by atoms with Gasteiger partial charge in [0.25, 0.3) is 5.91 Å². The summed E-state index contributed by atoms with van der Waals surface area (Å²) >= 11 is 0. The van der Waals surface area contributed by atoms with Crippen molar-refractivity contribution in [1.82, 2.24) is 5.48 Å². The number of fused-ring (bicyclic) bond motifs is 1. The number of sulfone groups is 1. The van der Waals surface area contributed by atoms with E-state index in [0.29, 0.717) is 5.75 Å². The predicted octanol–water partition coefficient (Wildman–Crippen LogP) is 2.21. The highest BCUT2D eigenvalue weighted by Crippen LogP contribution is 2.45. The van der Waals surface area contributed by atoms with Crippen LogP contribution in [0, 0.1) is 11.2 Å². The van der Waals surface area contributed by atoms with Gasteiger partial charge in [-0.1, -0.05) is 12.1 Å². The average molecular weight is 451 g/mol. The van der Waals surface area contributed by atoms with Crippen molar-refractivity contribution in [3.8, 4) is 5.75 Å². The highest BCUT2D eigenvalue weighted by molar-refractivity contribution is 7.91. The zero-order valence-electron chi connectivity index (χ0n) is 16.5. The third-order valence-corrected chi connectivity index (χ3v) is 7.64. The number of carbonyl (C=O) groups is 1. The van der Waals surface area contributed by atoms with Crippen LogP contribution in [0.15, 0.2) is 53.4 Å². The minimum absolute atomic E-state index is 0.0330. The van der Waals surface area contributed by atoms with E-state index in [9.17, 15) is 22.8 Å². The fourth-order valence-corrected chi connectivity index (χ4v) is 5.90. The molecule has 166 valence electrons. The Kier molecular flexibility index (Phi) is 5.98. The van der Waals surface area contributed by atoms with Gasteiger partial charge in [0.1, 0.15) is 25.0 Å². The van der Waals surface area contributed by atoms with Gasteiger partial charge in [-0.3, -0.25) is 10.0 Å². The fourth-order valence-electron chi connectivity index (χ4n) is 4.09. The van der Waals surface area contributed by atoms with Crippen LogP contribution in [0.1, 0.15) is 18.4 Å². The Labute approximate surface area is 178 Å². The molecule has 31 heavy (non-hydrogen) atoms. The number of halogens is 1. The van der Waals surface area contributed by atoms with Crippen molar-refractivity contribution in [1.29, 1.82) is 0 Å². The summed E-state index contributed by atoms with van der Waals surface area (Å²) in [6.07, 6.45) is -0.478. The summed E-state index contributed by atoms with van der Waals surface area (Å²) in [4.78, 5) is 12.4. The van der Waals surface area contributed by atoms with Crippen LogP contribution in [0.3, 0.4) is 0 Å². The molecular formula is C21H22FNO7S. The second-order valence-electron chi connectivity index (χ2n) is 7.80. The van der Waals surface area contributed by atoms with Crippen LogP contribution < -0.4 is 10.2 Å². The third kappa shape index (κ3) is 4.57. The first-order valence-corrected chi connectivity index (χ1v) is 11.3. The van der Waals surface area contributed by atoms with Crippen molar-refractivity contribution in [2.24, 2.45) is 5.41 Å². The van der Waals surface area contributed by atoms with Gasteiger partial charge >= 0.3 is 0 Å². The smallest absolute Gasteiger partial charge is 0.250 e. The number of hydroxylamine groups is 1. The lowest BCUT2D eigenvalue weighted by Crippen LogP contribution is -2.43. The number of rotatable bonds is 7. The molecule has 2 aliphatic rings. The Hall–Kier alpha value is -2.53. The minimum Gasteiger partial charge on any atom is -0.489 e. The lowest BCUT2D eigenvalue weighted by molar-refractivity contribution is -0.140. The molecule has 0 aromatic heterocycles. The van der Waals surface area contributed by atoms with E-state index in [1.165, 1.54) is 36.4 Å². The van der Waals surface area contributed by atoms with Crippen LogP contribution in [0.5, 0.6) is 5.75 Å². The Bertz CT molecular complexity index is 1030. The molecule has 1 aliphatic heterocycles. The summed E-state index contributed by atoms with van der Waals surface area (Å²) in [6.45, 7) is 0.313. The largest absolute Gasteiger partial charge is 0.489 e. The number of ether oxygens (including phenoxy) is 3. The van der Waals surface area contributed by atoms with Crippen LogP contribution in [0.25, 0.3) is 0 Å². The van der Waals surface area contributed by atoms with E-state index in [1.807, 2.05) is 0 Å². The van der Waals surface area contributed by atoms with Crippen molar-refractivity contribution in [3.63, 3.8) is 0 Å². The van der Waals surface area contributed by atoms with E-state index < -0.39 is 26.9 Å². The van der Waals surface area contributed by atoms with Gasteiger partial charge in [0.2, 0.25) is 0 Å². The number of hydrogen-bond acceptors (Lipinski definition) is 7. The summed E-state index contributed by atoms with van der Waals surface area (Å²) in [5.41, 5.74) is 1.02. The first-order chi connectivity index (χ1) is 14.8. The molecule has 2 atom stereocenters. The summed E-state index contributed by atoms with van der Waals surface area (Å²) < 4.78 is 55.5. The van der Waals surface area contributed by atoms with Gasteiger partial charge < -0.3 is 14.2 Å². The van der Waals surface area contributed by atoms with Crippen LogP contribution in [-0.4, -0.2) is 44.3 Å². The first kappa shape index (κ1) is 21.7. The third-order valence-electron chi connectivity index (χ3n) is 5.71. The molecule has 1 heterocycles. The number of benzene rings is 2. The molecular weight excluding hydrogens is 429 g/mol. The van der Waals surface area contributed by atoms with E-state index in [0.717, 1.165) is 5.56 Å². The van der Waals surface area contributed by atoms with Crippen LogP contribution in [0.2, 0.25) is 0 Å². The van der Waals surface area contributed by atoms with E-state index in [1.54, 1.807) is 17.6 Å². The van der Waals surface area contributed by atoms with E-state index in [-0.39, 0.29) is 49.2 Å². The number of amides is 1. The number of hydrogen-bond donors (Lipinski definition) is 2. The van der Waals surface area contributed by atoms with Crippen LogP contribution in [0.4, 0.5) is 4.39 Å². The van der Waals surface area contributed by atoms with Crippen LogP contribution >= 0.6 is 0 Å². The SMILES string of the molecule is O=C(NO)C1(CS(=O)(=O)c2ccc(OCc3ccc(F)cc3)cc2)CC2OCOC2C1. The predicted molar refractivity (Wildman–Crippen MR) is 105 cm³/mol. The topological polar surface area (TPSA) is 111 Å². The molecule has 2 fully saturated rings. The molecule has 0 spiro atoms. The van der Waals surface area contributed by atoms with Gasteiger partial charge in [-0.2, -0.15) is 0 Å². The van der Waals surface area contributed by atoms with Gasteiger partial charge in [0.15, 0.2) is 9.84 Å². The Morgan fingerprint density at radius 1 is 1.10 bits per heavy atom. The Morgan fingerprint density at radius 2 is 1.71 bits per heavy atom. The average Bonchev–Trinajstić information content (AvgIpc) is 3.32. The molecule has 2 unspecified atom stereocenters. The van der Waals surface area contributed by atoms with Gasteiger partial charge in [0, 0.05) is 0 Å². The standard InChI is InChI=1S/C21H22FNO7S/c22-15-3-1-14(2-4-15)11-28-16-5-7-17(8-6-16)31(26,27)12-21(20(24)23-25)9-18-19(10-21)30-13-29-18/h1-8,18-19,25H,9-13H2,(H,23,24). The zero-order chi connectivity index (χ0) is 22.1. The van der Waals surface area contributed by atoms with Crippen LogP contribution in [-0.2, 0) is 30.7 Å². The van der Waals surface area contributed by atoms with Gasteiger partial charge in [-0.25, -0.2) is 18.3 Å². The molecule has 1 saturated heterocycles.